The lowest BCUT2D eigenvalue weighted by Gasteiger charge is -2.33. The van der Waals surface area contributed by atoms with Gasteiger partial charge in [-0.2, -0.15) is 0 Å². The molecule has 0 saturated carbocycles. The lowest BCUT2D eigenvalue weighted by atomic mass is 10.0. The minimum Gasteiger partial charge on any atom is -0.484 e. The summed E-state index contributed by atoms with van der Waals surface area (Å²) in [7, 11) is 3.69. The number of carbonyl (C=O) groups excluding carboxylic acids is 1. The van der Waals surface area contributed by atoms with E-state index in [2.05, 4.69) is 9.97 Å². The van der Waals surface area contributed by atoms with Crippen LogP contribution in [0.5, 0.6) is 5.75 Å². The highest BCUT2D eigenvalue weighted by Gasteiger charge is 2.29. The second-order valence-electron chi connectivity index (χ2n) is 7.67. The summed E-state index contributed by atoms with van der Waals surface area (Å²) in [5, 5.41) is 0. The fourth-order valence-electron chi connectivity index (χ4n) is 3.52. The van der Waals surface area contributed by atoms with Gasteiger partial charge in [-0.05, 0) is 29.8 Å². The summed E-state index contributed by atoms with van der Waals surface area (Å²) >= 11 is 0. The van der Waals surface area contributed by atoms with E-state index in [1.54, 1.807) is 28.1 Å². The first-order chi connectivity index (χ1) is 15.5. The Balaban J connectivity index is 1.56. The van der Waals surface area contributed by atoms with Crippen molar-refractivity contribution in [3.8, 4) is 16.9 Å². The molecule has 1 aliphatic rings. The van der Waals surface area contributed by atoms with Gasteiger partial charge >= 0.3 is 0 Å². The van der Waals surface area contributed by atoms with E-state index in [1.807, 2.05) is 44.4 Å². The van der Waals surface area contributed by atoms with Crippen molar-refractivity contribution in [3.05, 3.63) is 72.3 Å². The van der Waals surface area contributed by atoms with Gasteiger partial charge in [-0.3, -0.25) is 4.79 Å². The quantitative estimate of drug-likeness (QED) is 0.591. The SMILES string of the molecule is CN(C)c1ncc(-c2cccc(F)c2)c(C2CN(C(=O)COc3ccccc3)CCO2)n1. The summed E-state index contributed by atoms with van der Waals surface area (Å²) in [4.78, 5) is 25.4. The number of anilines is 1. The van der Waals surface area contributed by atoms with Gasteiger partial charge in [0.1, 0.15) is 17.7 Å². The Morgan fingerprint density at radius 3 is 2.78 bits per heavy atom. The number of halogens is 1. The van der Waals surface area contributed by atoms with Gasteiger partial charge in [0.05, 0.1) is 18.8 Å². The highest BCUT2D eigenvalue weighted by atomic mass is 19.1. The summed E-state index contributed by atoms with van der Waals surface area (Å²) in [6.45, 7) is 1.10. The number of nitrogens with zero attached hydrogens (tertiary/aromatic N) is 4. The fraction of sp³-hybridized carbons (Fsp3) is 0.292. The van der Waals surface area contributed by atoms with E-state index in [0.717, 1.165) is 0 Å². The maximum Gasteiger partial charge on any atom is 0.260 e. The fourth-order valence-corrected chi connectivity index (χ4v) is 3.52. The molecule has 3 aromatic rings. The maximum atomic E-state index is 13.9. The highest BCUT2D eigenvalue weighted by molar-refractivity contribution is 5.78. The number of hydrogen-bond donors (Lipinski definition) is 0. The van der Waals surface area contributed by atoms with Crippen LogP contribution in [0.25, 0.3) is 11.1 Å². The average molecular weight is 436 g/mol. The molecule has 0 radical (unpaired) electrons. The third-order valence-electron chi connectivity index (χ3n) is 5.17. The van der Waals surface area contributed by atoms with Gasteiger partial charge in [-0.15, -0.1) is 0 Å². The standard InChI is InChI=1S/C24H25FN4O3/c1-28(2)24-26-14-20(17-7-6-8-18(25)13-17)23(27-24)21-15-29(11-12-31-21)22(30)16-32-19-9-4-3-5-10-19/h3-10,13-14,21H,11-12,15-16H2,1-2H3. The number of hydrogen-bond acceptors (Lipinski definition) is 6. The van der Waals surface area contributed by atoms with Crippen molar-refractivity contribution in [1.29, 1.82) is 0 Å². The number of ether oxygens (including phenoxy) is 2. The van der Waals surface area contributed by atoms with Crippen molar-refractivity contribution in [1.82, 2.24) is 14.9 Å². The van der Waals surface area contributed by atoms with E-state index >= 15 is 0 Å². The lowest BCUT2D eigenvalue weighted by molar-refractivity contribution is -0.141. The van der Waals surface area contributed by atoms with Crippen LogP contribution in [-0.2, 0) is 9.53 Å². The molecule has 1 aliphatic heterocycles. The van der Waals surface area contributed by atoms with Crippen LogP contribution >= 0.6 is 0 Å². The summed E-state index contributed by atoms with van der Waals surface area (Å²) in [6, 6.07) is 15.5. The molecule has 0 spiro atoms. The van der Waals surface area contributed by atoms with Crippen LogP contribution in [0.1, 0.15) is 11.8 Å². The zero-order chi connectivity index (χ0) is 22.5. The predicted octanol–water partition coefficient (Wildman–Crippen LogP) is 3.33. The molecule has 0 N–H and O–H groups in total. The third-order valence-corrected chi connectivity index (χ3v) is 5.17. The summed E-state index contributed by atoms with van der Waals surface area (Å²) in [5.74, 6) is 0.686. The van der Waals surface area contributed by atoms with Gasteiger partial charge in [0.2, 0.25) is 5.95 Å². The maximum absolute atomic E-state index is 13.9. The second-order valence-corrected chi connectivity index (χ2v) is 7.67. The Hall–Kier alpha value is -3.52. The van der Waals surface area contributed by atoms with Crippen LogP contribution in [0.2, 0.25) is 0 Å². The molecule has 0 aliphatic carbocycles. The van der Waals surface area contributed by atoms with E-state index in [0.29, 0.717) is 48.2 Å². The van der Waals surface area contributed by atoms with Crippen LogP contribution in [0.15, 0.2) is 60.8 Å². The zero-order valence-corrected chi connectivity index (χ0v) is 18.1. The molecular weight excluding hydrogens is 411 g/mol. The summed E-state index contributed by atoms with van der Waals surface area (Å²) < 4.78 is 25.5. The van der Waals surface area contributed by atoms with Crippen molar-refractivity contribution in [2.45, 2.75) is 6.10 Å². The second kappa shape index (κ2) is 9.74. The molecular formula is C24H25FN4O3. The molecule has 166 valence electrons. The van der Waals surface area contributed by atoms with Gasteiger partial charge in [0.15, 0.2) is 6.61 Å². The van der Waals surface area contributed by atoms with Crippen LogP contribution in [0.4, 0.5) is 10.3 Å². The van der Waals surface area contributed by atoms with E-state index in [-0.39, 0.29) is 18.3 Å². The van der Waals surface area contributed by atoms with Gasteiger partial charge in [0.25, 0.3) is 5.91 Å². The molecule has 1 unspecified atom stereocenters. The average Bonchev–Trinajstić information content (AvgIpc) is 2.83. The number of benzene rings is 2. The van der Waals surface area contributed by atoms with E-state index in [9.17, 15) is 9.18 Å². The highest BCUT2D eigenvalue weighted by Crippen LogP contribution is 2.32. The number of aromatic nitrogens is 2. The number of para-hydroxylation sites is 1. The van der Waals surface area contributed by atoms with E-state index < -0.39 is 6.10 Å². The normalized spacial score (nSPS) is 16.0. The van der Waals surface area contributed by atoms with Crippen molar-refractivity contribution < 1.29 is 18.7 Å². The van der Waals surface area contributed by atoms with E-state index in [4.69, 9.17) is 9.47 Å². The minimum absolute atomic E-state index is 0.0553. The van der Waals surface area contributed by atoms with Gasteiger partial charge in [-0.1, -0.05) is 30.3 Å². The minimum atomic E-state index is -0.468. The largest absolute Gasteiger partial charge is 0.484 e. The molecule has 1 amide bonds. The van der Waals surface area contributed by atoms with Crippen LogP contribution in [0, 0.1) is 5.82 Å². The molecule has 4 rings (SSSR count). The Bertz CT molecular complexity index is 1080. The van der Waals surface area contributed by atoms with Crippen LogP contribution in [-0.4, -0.2) is 61.2 Å². The molecule has 8 heteroatoms. The smallest absolute Gasteiger partial charge is 0.260 e. The monoisotopic (exact) mass is 436 g/mol. The molecule has 7 nitrogen and oxygen atoms in total. The Labute approximate surface area is 186 Å². The number of amides is 1. The lowest BCUT2D eigenvalue weighted by Crippen LogP contribution is -2.44. The van der Waals surface area contributed by atoms with Crippen molar-refractivity contribution in [3.63, 3.8) is 0 Å². The van der Waals surface area contributed by atoms with Crippen LogP contribution in [0.3, 0.4) is 0 Å². The first-order valence-corrected chi connectivity index (χ1v) is 10.4. The number of rotatable bonds is 6. The third kappa shape index (κ3) is 5.03. The zero-order valence-electron chi connectivity index (χ0n) is 18.1. The molecule has 1 saturated heterocycles. The molecule has 0 bridgehead atoms. The van der Waals surface area contributed by atoms with Crippen molar-refractivity contribution >= 4 is 11.9 Å². The topological polar surface area (TPSA) is 67.8 Å². The molecule has 1 atom stereocenters. The first kappa shape index (κ1) is 21.7. The Morgan fingerprint density at radius 2 is 2.03 bits per heavy atom. The van der Waals surface area contributed by atoms with Crippen molar-refractivity contribution in [2.24, 2.45) is 0 Å². The molecule has 1 aromatic heterocycles. The van der Waals surface area contributed by atoms with E-state index in [1.165, 1.54) is 12.1 Å². The number of carbonyl (C=O) groups is 1. The predicted molar refractivity (Wildman–Crippen MR) is 119 cm³/mol. The molecule has 1 fully saturated rings. The molecule has 2 aromatic carbocycles. The summed E-state index contributed by atoms with van der Waals surface area (Å²) in [6.07, 6.45) is 1.21. The summed E-state index contributed by atoms with van der Waals surface area (Å²) in [5.41, 5.74) is 1.95. The Kier molecular flexibility index (Phi) is 6.61. The van der Waals surface area contributed by atoms with Gasteiger partial charge < -0.3 is 19.3 Å². The number of morpholine rings is 1. The molecule has 32 heavy (non-hydrogen) atoms. The van der Waals surface area contributed by atoms with Crippen LogP contribution < -0.4 is 9.64 Å². The van der Waals surface area contributed by atoms with Gasteiger partial charge in [-0.25, -0.2) is 14.4 Å². The molecule has 2 heterocycles. The van der Waals surface area contributed by atoms with Crippen molar-refractivity contribution in [2.75, 3.05) is 45.3 Å². The Morgan fingerprint density at radius 1 is 1.22 bits per heavy atom. The first-order valence-electron chi connectivity index (χ1n) is 10.4. The van der Waals surface area contributed by atoms with Gasteiger partial charge in [0, 0.05) is 32.4 Å².